The Morgan fingerprint density at radius 2 is 1.81 bits per heavy atom. The van der Waals surface area contributed by atoms with Gasteiger partial charge in [0, 0.05) is 31.4 Å². The Bertz CT molecular complexity index is 1090. The summed E-state index contributed by atoms with van der Waals surface area (Å²) in [6.45, 7) is 4.75. The lowest BCUT2D eigenvalue weighted by Crippen LogP contribution is -2.59. The zero-order valence-corrected chi connectivity index (χ0v) is 17.3. The molecule has 0 amide bonds. The Kier molecular flexibility index (Phi) is 5.42. The van der Waals surface area contributed by atoms with Gasteiger partial charge in [0.15, 0.2) is 0 Å². The number of anilines is 1. The molecule has 2 aliphatic heterocycles. The predicted octanol–water partition coefficient (Wildman–Crippen LogP) is 3.24. The van der Waals surface area contributed by atoms with Gasteiger partial charge < -0.3 is 9.64 Å². The molecule has 2 fully saturated rings. The maximum Gasteiger partial charge on any atom is 0.258 e. The van der Waals surface area contributed by atoms with Crippen molar-refractivity contribution in [3.8, 4) is 11.4 Å². The fourth-order valence-electron chi connectivity index (χ4n) is 4.20. The van der Waals surface area contributed by atoms with Crippen LogP contribution < -0.4 is 15.2 Å². The molecule has 0 saturated carbocycles. The third kappa shape index (κ3) is 4.32. The van der Waals surface area contributed by atoms with Crippen LogP contribution >= 0.6 is 0 Å². The Morgan fingerprint density at radius 1 is 1.03 bits per heavy atom. The summed E-state index contributed by atoms with van der Waals surface area (Å²) in [4.78, 5) is 22.0. The molecule has 0 spiro atoms. The zero-order chi connectivity index (χ0) is 21.2. The van der Waals surface area contributed by atoms with Crippen LogP contribution in [-0.4, -0.2) is 46.7 Å². The number of benzene rings is 1. The number of hydrogen-bond acceptors (Lipinski definition) is 5. The quantitative estimate of drug-likeness (QED) is 0.613. The minimum absolute atomic E-state index is 0.191. The summed E-state index contributed by atoms with van der Waals surface area (Å²) >= 11 is 0. The van der Waals surface area contributed by atoms with Crippen molar-refractivity contribution in [2.24, 2.45) is 0 Å². The van der Waals surface area contributed by atoms with E-state index in [1.807, 2.05) is 12.1 Å². The first kappa shape index (κ1) is 19.8. The van der Waals surface area contributed by atoms with Gasteiger partial charge in [-0.3, -0.25) is 14.3 Å². The van der Waals surface area contributed by atoms with E-state index in [0.29, 0.717) is 11.8 Å². The Balaban J connectivity index is 1.21. The van der Waals surface area contributed by atoms with Crippen LogP contribution in [0.5, 0.6) is 5.75 Å². The molecular weight excluding hydrogens is 395 g/mol. The summed E-state index contributed by atoms with van der Waals surface area (Å²) < 4.78 is 20.2. The van der Waals surface area contributed by atoms with Crippen LogP contribution in [0.1, 0.15) is 18.4 Å². The van der Waals surface area contributed by atoms with E-state index in [2.05, 4.69) is 14.8 Å². The fraction of sp³-hybridized carbons (Fsp3) is 0.333. The number of ether oxygens (including phenoxy) is 1. The van der Waals surface area contributed by atoms with Crippen LogP contribution in [0.2, 0.25) is 0 Å². The maximum absolute atomic E-state index is 13.0. The van der Waals surface area contributed by atoms with Gasteiger partial charge in [-0.2, -0.15) is 0 Å². The fourth-order valence-corrected chi connectivity index (χ4v) is 4.20. The molecule has 0 radical (unpaired) electrons. The average molecular weight is 420 g/mol. The van der Waals surface area contributed by atoms with E-state index in [-0.39, 0.29) is 18.0 Å². The number of nitrogens with zero attached hydrogens (tertiary/aromatic N) is 4. The molecule has 5 rings (SSSR count). The summed E-state index contributed by atoms with van der Waals surface area (Å²) in [7, 11) is 0. The van der Waals surface area contributed by atoms with Crippen molar-refractivity contribution in [2.75, 3.05) is 31.1 Å². The number of pyridine rings is 2. The van der Waals surface area contributed by atoms with Crippen LogP contribution in [0.3, 0.4) is 0 Å². The monoisotopic (exact) mass is 420 g/mol. The second-order valence-corrected chi connectivity index (χ2v) is 8.16. The molecule has 4 heterocycles. The normalized spacial score (nSPS) is 17.0. The molecule has 2 aromatic heterocycles. The van der Waals surface area contributed by atoms with Crippen molar-refractivity contribution in [2.45, 2.75) is 25.5 Å². The van der Waals surface area contributed by atoms with Crippen LogP contribution in [0.15, 0.2) is 65.7 Å². The summed E-state index contributed by atoms with van der Waals surface area (Å²) in [5, 5.41) is 0. The minimum atomic E-state index is -0.286. The van der Waals surface area contributed by atoms with Gasteiger partial charge in [-0.1, -0.05) is 12.1 Å². The molecule has 2 saturated heterocycles. The molecule has 0 N–H and O–H groups in total. The largest absolute Gasteiger partial charge is 0.489 e. The van der Waals surface area contributed by atoms with Crippen molar-refractivity contribution in [3.05, 3.63) is 82.7 Å². The number of hydrogen-bond donors (Lipinski definition) is 0. The summed E-state index contributed by atoms with van der Waals surface area (Å²) in [5.41, 5.74) is 1.36. The van der Waals surface area contributed by atoms with Gasteiger partial charge in [0.1, 0.15) is 24.0 Å². The number of likely N-dealkylation sites (tertiary alicyclic amines) is 1. The molecule has 6 nitrogen and oxygen atoms in total. The topological polar surface area (TPSA) is 50.6 Å². The SMILES string of the molecule is O=c1cc(OCc2ccc(F)cc2)ccn1-c1ccc(N2CC(N3CCCC3)C2)nc1. The lowest BCUT2D eigenvalue weighted by Gasteiger charge is -2.44. The molecule has 7 heteroatoms. The lowest BCUT2D eigenvalue weighted by atomic mass is 10.1. The van der Waals surface area contributed by atoms with Gasteiger partial charge >= 0.3 is 0 Å². The number of halogens is 1. The van der Waals surface area contributed by atoms with Crippen LogP contribution in [0.4, 0.5) is 10.2 Å². The second-order valence-electron chi connectivity index (χ2n) is 8.16. The molecule has 31 heavy (non-hydrogen) atoms. The van der Waals surface area contributed by atoms with E-state index in [4.69, 9.17) is 4.74 Å². The highest BCUT2D eigenvalue weighted by Crippen LogP contribution is 2.25. The second kappa shape index (κ2) is 8.51. The molecule has 1 aromatic carbocycles. The predicted molar refractivity (Wildman–Crippen MR) is 117 cm³/mol. The third-order valence-corrected chi connectivity index (χ3v) is 6.06. The van der Waals surface area contributed by atoms with Crippen molar-refractivity contribution in [1.29, 1.82) is 0 Å². The van der Waals surface area contributed by atoms with Gasteiger partial charge in [-0.15, -0.1) is 0 Å². The summed E-state index contributed by atoms with van der Waals surface area (Å²) in [6.07, 6.45) is 6.05. The molecule has 0 aliphatic carbocycles. The lowest BCUT2D eigenvalue weighted by molar-refractivity contribution is 0.204. The Labute approximate surface area is 180 Å². The molecule has 0 atom stereocenters. The third-order valence-electron chi connectivity index (χ3n) is 6.06. The smallest absolute Gasteiger partial charge is 0.258 e. The molecule has 3 aromatic rings. The van der Waals surface area contributed by atoms with Crippen molar-refractivity contribution in [1.82, 2.24) is 14.5 Å². The van der Waals surface area contributed by atoms with Gasteiger partial charge in [0.25, 0.3) is 5.56 Å². The van der Waals surface area contributed by atoms with Gasteiger partial charge in [0.05, 0.1) is 11.9 Å². The van der Waals surface area contributed by atoms with Crippen LogP contribution in [0.25, 0.3) is 5.69 Å². The molecule has 160 valence electrons. The maximum atomic E-state index is 13.0. The Morgan fingerprint density at radius 3 is 2.48 bits per heavy atom. The van der Waals surface area contributed by atoms with Crippen molar-refractivity contribution < 1.29 is 9.13 Å². The summed E-state index contributed by atoms with van der Waals surface area (Å²) in [5.74, 6) is 1.14. The molecular formula is C24H25FN4O2. The van der Waals surface area contributed by atoms with Crippen molar-refractivity contribution in [3.63, 3.8) is 0 Å². The average Bonchev–Trinajstić information content (AvgIpc) is 3.27. The van der Waals surface area contributed by atoms with E-state index < -0.39 is 0 Å². The highest BCUT2D eigenvalue weighted by Gasteiger charge is 2.33. The first-order valence-electron chi connectivity index (χ1n) is 10.7. The zero-order valence-electron chi connectivity index (χ0n) is 17.3. The first-order chi connectivity index (χ1) is 15.2. The van der Waals surface area contributed by atoms with E-state index >= 15 is 0 Å². The standard InChI is InChI=1S/C24H25FN4O2/c25-19-5-3-18(4-6-19)17-31-22-9-12-29(24(30)13-22)20-7-8-23(26-14-20)28-15-21(16-28)27-10-1-2-11-27/h3-9,12-14,21H,1-2,10-11,15-17H2. The van der Waals surface area contributed by atoms with Crippen LogP contribution in [-0.2, 0) is 6.61 Å². The van der Waals surface area contributed by atoms with Gasteiger partial charge in [0.2, 0.25) is 0 Å². The summed E-state index contributed by atoms with van der Waals surface area (Å²) in [6, 6.07) is 13.8. The van der Waals surface area contributed by atoms with Crippen molar-refractivity contribution >= 4 is 5.82 Å². The number of rotatable bonds is 6. The highest BCUT2D eigenvalue weighted by atomic mass is 19.1. The minimum Gasteiger partial charge on any atom is -0.489 e. The van der Waals surface area contributed by atoms with Crippen LogP contribution in [0, 0.1) is 5.82 Å². The van der Waals surface area contributed by atoms with E-state index in [9.17, 15) is 9.18 Å². The molecule has 2 aliphatic rings. The highest BCUT2D eigenvalue weighted by molar-refractivity contribution is 5.46. The van der Waals surface area contributed by atoms with Gasteiger partial charge in [-0.25, -0.2) is 9.37 Å². The Hall–Kier alpha value is -3.19. The van der Waals surface area contributed by atoms with E-state index in [1.165, 1.54) is 44.1 Å². The van der Waals surface area contributed by atoms with Gasteiger partial charge in [-0.05, 0) is 61.8 Å². The van der Waals surface area contributed by atoms with E-state index in [0.717, 1.165) is 30.2 Å². The first-order valence-corrected chi connectivity index (χ1v) is 10.7. The molecule has 0 unspecified atom stereocenters. The number of aromatic nitrogens is 2. The van der Waals surface area contributed by atoms with E-state index in [1.54, 1.807) is 35.2 Å². The molecule has 0 bridgehead atoms.